The van der Waals surface area contributed by atoms with Crippen LogP contribution in [-0.4, -0.2) is 43.9 Å². The molecule has 1 aromatic carbocycles. The predicted octanol–water partition coefficient (Wildman–Crippen LogP) is 0.774. The lowest BCUT2D eigenvalue weighted by atomic mass is 10.2. The molecule has 2 rings (SSSR count). The third-order valence-electron chi connectivity index (χ3n) is 2.73. The van der Waals surface area contributed by atoms with Gasteiger partial charge in [-0.25, -0.2) is 9.07 Å². The third kappa shape index (κ3) is 3.85. The van der Waals surface area contributed by atoms with Crippen LogP contribution in [0.3, 0.4) is 0 Å². The highest BCUT2D eigenvalue weighted by molar-refractivity contribution is 5.91. The zero-order valence-corrected chi connectivity index (χ0v) is 11.2. The molecule has 1 aromatic heterocycles. The molecule has 21 heavy (non-hydrogen) atoms. The van der Waals surface area contributed by atoms with Crippen molar-refractivity contribution in [3.63, 3.8) is 0 Å². The fourth-order valence-corrected chi connectivity index (χ4v) is 1.74. The fourth-order valence-electron chi connectivity index (χ4n) is 1.74. The van der Waals surface area contributed by atoms with E-state index in [2.05, 4.69) is 10.3 Å². The lowest BCUT2D eigenvalue weighted by molar-refractivity contribution is -0.137. The molecule has 0 unspecified atom stereocenters. The van der Waals surface area contributed by atoms with E-state index in [0.717, 1.165) is 10.2 Å². The number of hydrogen-bond acceptors (Lipinski definition) is 4. The molecule has 0 saturated heterocycles. The average Bonchev–Trinajstić information content (AvgIpc) is 2.88. The minimum absolute atomic E-state index is 0.0564. The maximum atomic E-state index is 12.8. The highest BCUT2D eigenvalue weighted by atomic mass is 19.1. The Bertz CT molecular complexity index is 654. The summed E-state index contributed by atoms with van der Waals surface area (Å²) in [6, 6.07) is 5.80. The van der Waals surface area contributed by atoms with E-state index in [4.69, 9.17) is 5.11 Å². The molecular formula is C13H13FN4O3. The van der Waals surface area contributed by atoms with E-state index < -0.39 is 11.9 Å². The van der Waals surface area contributed by atoms with Crippen LogP contribution in [0.4, 0.5) is 4.39 Å². The molecular weight excluding hydrogens is 279 g/mol. The van der Waals surface area contributed by atoms with Gasteiger partial charge in [0.2, 0.25) is 0 Å². The number of carboxylic acid groups (broad SMARTS) is 1. The molecule has 0 fully saturated rings. The summed E-state index contributed by atoms with van der Waals surface area (Å²) in [7, 11) is 1.57. The highest BCUT2D eigenvalue weighted by Crippen LogP contribution is 2.08. The summed E-state index contributed by atoms with van der Waals surface area (Å²) in [5, 5.41) is 15.8. The van der Waals surface area contributed by atoms with Crippen LogP contribution in [0, 0.1) is 5.82 Å². The number of carbonyl (C=O) groups is 2. The lowest BCUT2D eigenvalue weighted by Gasteiger charge is -2.15. The van der Waals surface area contributed by atoms with Crippen molar-refractivity contribution >= 4 is 11.9 Å². The summed E-state index contributed by atoms with van der Waals surface area (Å²) in [6.07, 6.45) is 1.28. The van der Waals surface area contributed by atoms with Gasteiger partial charge in [0.1, 0.15) is 12.4 Å². The summed E-state index contributed by atoms with van der Waals surface area (Å²) in [5.74, 6) is -1.81. The zero-order chi connectivity index (χ0) is 15.4. The molecule has 0 aliphatic heterocycles. The van der Waals surface area contributed by atoms with Crippen LogP contribution >= 0.6 is 0 Å². The first-order chi connectivity index (χ1) is 9.95. The summed E-state index contributed by atoms with van der Waals surface area (Å²) >= 11 is 0. The molecule has 0 atom stereocenters. The van der Waals surface area contributed by atoms with Crippen molar-refractivity contribution in [1.29, 1.82) is 0 Å². The Morgan fingerprint density at radius 2 is 2.00 bits per heavy atom. The molecule has 8 heteroatoms. The quantitative estimate of drug-likeness (QED) is 0.879. The largest absolute Gasteiger partial charge is 0.480 e. The van der Waals surface area contributed by atoms with Crippen LogP contribution in [0.25, 0.3) is 0 Å². The Hall–Kier alpha value is -2.77. The van der Waals surface area contributed by atoms with Crippen molar-refractivity contribution in [2.45, 2.75) is 13.1 Å². The molecule has 110 valence electrons. The maximum Gasteiger partial charge on any atom is 0.325 e. The first-order valence-electron chi connectivity index (χ1n) is 6.07. The number of rotatable bonds is 5. The predicted molar refractivity (Wildman–Crippen MR) is 69.9 cm³/mol. The molecule has 0 aliphatic rings. The van der Waals surface area contributed by atoms with Gasteiger partial charge in [-0.2, -0.15) is 0 Å². The number of aromatic nitrogens is 3. The van der Waals surface area contributed by atoms with Gasteiger partial charge in [0.05, 0.1) is 6.20 Å². The van der Waals surface area contributed by atoms with Crippen LogP contribution < -0.4 is 0 Å². The number of benzene rings is 1. The lowest BCUT2D eigenvalue weighted by Crippen LogP contribution is -2.26. The van der Waals surface area contributed by atoms with Gasteiger partial charge in [0, 0.05) is 13.6 Å². The van der Waals surface area contributed by atoms with Gasteiger partial charge in [0.15, 0.2) is 5.69 Å². The van der Waals surface area contributed by atoms with Gasteiger partial charge in [-0.05, 0) is 17.7 Å². The Morgan fingerprint density at radius 1 is 1.33 bits per heavy atom. The van der Waals surface area contributed by atoms with E-state index in [1.807, 2.05) is 0 Å². The van der Waals surface area contributed by atoms with E-state index in [-0.39, 0.29) is 24.6 Å². The molecule has 1 heterocycles. The third-order valence-corrected chi connectivity index (χ3v) is 2.73. The van der Waals surface area contributed by atoms with E-state index in [1.165, 1.54) is 23.2 Å². The summed E-state index contributed by atoms with van der Waals surface area (Å²) in [5.41, 5.74) is 0.825. The van der Waals surface area contributed by atoms with Crippen LogP contribution in [0.2, 0.25) is 0 Å². The van der Waals surface area contributed by atoms with Crippen molar-refractivity contribution in [3.8, 4) is 0 Å². The number of carboxylic acids is 1. The second kappa shape index (κ2) is 6.12. The number of nitrogens with zero attached hydrogens (tertiary/aromatic N) is 4. The highest BCUT2D eigenvalue weighted by Gasteiger charge is 2.16. The average molecular weight is 292 g/mol. The molecule has 7 nitrogen and oxygen atoms in total. The molecule has 2 aromatic rings. The van der Waals surface area contributed by atoms with E-state index in [9.17, 15) is 14.0 Å². The van der Waals surface area contributed by atoms with E-state index in [1.54, 1.807) is 19.2 Å². The molecule has 0 bridgehead atoms. The second-order valence-electron chi connectivity index (χ2n) is 4.48. The van der Waals surface area contributed by atoms with Crippen LogP contribution in [0.5, 0.6) is 0 Å². The standard InChI is InChI=1S/C13H13FN4O3/c1-17(6-9-2-4-10(14)5-3-9)13(21)11-7-18(16-15-11)8-12(19)20/h2-5,7H,6,8H2,1H3,(H,19,20). The Balaban J connectivity index is 2.03. The van der Waals surface area contributed by atoms with Crippen LogP contribution in [-0.2, 0) is 17.9 Å². The number of halogens is 1. The topological polar surface area (TPSA) is 88.3 Å². The second-order valence-corrected chi connectivity index (χ2v) is 4.48. The van der Waals surface area contributed by atoms with E-state index >= 15 is 0 Å². The van der Waals surface area contributed by atoms with Gasteiger partial charge in [-0.15, -0.1) is 5.10 Å². The van der Waals surface area contributed by atoms with Crippen molar-refractivity contribution in [3.05, 3.63) is 47.5 Å². The van der Waals surface area contributed by atoms with Crippen LogP contribution in [0.15, 0.2) is 30.5 Å². The monoisotopic (exact) mass is 292 g/mol. The molecule has 1 amide bonds. The smallest absolute Gasteiger partial charge is 0.325 e. The maximum absolute atomic E-state index is 12.8. The number of aliphatic carboxylic acids is 1. The molecule has 0 spiro atoms. The normalized spacial score (nSPS) is 10.4. The molecule has 0 radical (unpaired) electrons. The Labute approximate surface area is 119 Å². The minimum atomic E-state index is -1.07. The van der Waals surface area contributed by atoms with Gasteiger partial charge in [-0.1, -0.05) is 17.3 Å². The SMILES string of the molecule is CN(Cc1ccc(F)cc1)C(=O)c1cn(CC(=O)O)nn1. The Morgan fingerprint density at radius 3 is 2.62 bits per heavy atom. The molecule has 0 saturated carbocycles. The van der Waals surface area contributed by atoms with Gasteiger partial charge in [0.25, 0.3) is 5.91 Å². The first-order valence-corrected chi connectivity index (χ1v) is 6.07. The number of amides is 1. The van der Waals surface area contributed by atoms with Crippen molar-refractivity contribution in [2.75, 3.05) is 7.05 Å². The molecule has 0 aliphatic carbocycles. The van der Waals surface area contributed by atoms with Crippen molar-refractivity contribution in [1.82, 2.24) is 19.9 Å². The van der Waals surface area contributed by atoms with E-state index in [0.29, 0.717) is 0 Å². The van der Waals surface area contributed by atoms with Gasteiger partial charge in [-0.3, -0.25) is 9.59 Å². The fraction of sp³-hybridized carbons (Fsp3) is 0.231. The molecule has 1 N–H and O–H groups in total. The van der Waals surface area contributed by atoms with Crippen LogP contribution in [0.1, 0.15) is 16.1 Å². The number of hydrogen-bond donors (Lipinski definition) is 1. The summed E-state index contributed by atoms with van der Waals surface area (Å²) in [6.45, 7) is -0.0765. The van der Waals surface area contributed by atoms with Crippen molar-refractivity contribution < 1.29 is 19.1 Å². The summed E-state index contributed by atoms with van der Waals surface area (Å²) < 4.78 is 13.9. The van der Waals surface area contributed by atoms with Gasteiger partial charge >= 0.3 is 5.97 Å². The van der Waals surface area contributed by atoms with Crippen molar-refractivity contribution in [2.24, 2.45) is 0 Å². The Kier molecular flexibility index (Phi) is 4.27. The zero-order valence-electron chi connectivity index (χ0n) is 11.2. The minimum Gasteiger partial charge on any atom is -0.480 e. The number of carbonyl (C=O) groups excluding carboxylic acids is 1. The van der Waals surface area contributed by atoms with Gasteiger partial charge < -0.3 is 10.0 Å². The first kappa shape index (κ1) is 14.6. The summed E-state index contributed by atoms with van der Waals surface area (Å²) in [4.78, 5) is 24.0.